The molecular formula is C18H20N4O6. The van der Waals surface area contributed by atoms with Crippen molar-refractivity contribution in [3.05, 3.63) is 67.8 Å². The van der Waals surface area contributed by atoms with E-state index in [1.807, 2.05) is 0 Å². The maximum absolute atomic E-state index is 10.9. The molecular weight excluding hydrogens is 368 g/mol. The molecule has 1 aliphatic rings. The van der Waals surface area contributed by atoms with Gasteiger partial charge in [0, 0.05) is 74.7 Å². The van der Waals surface area contributed by atoms with E-state index in [-0.39, 0.29) is 22.9 Å². The Morgan fingerprint density at radius 2 is 1.11 bits per heavy atom. The Bertz CT molecular complexity index is 822. The molecule has 3 rings (SSSR count). The Morgan fingerprint density at radius 1 is 0.750 bits per heavy atom. The molecule has 0 radical (unpaired) electrons. The van der Waals surface area contributed by atoms with Crippen molar-refractivity contribution in [1.82, 2.24) is 9.80 Å². The van der Waals surface area contributed by atoms with Gasteiger partial charge in [0.1, 0.15) is 11.5 Å². The number of nitro benzene ring substituents is 2. The van der Waals surface area contributed by atoms with Crippen LogP contribution in [0, 0.1) is 20.2 Å². The van der Waals surface area contributed by atoms with E-state index < -0.39 is 9.85 Å². The number of phenolic OH excluding ortho intramolecular Hbond substituents is 2. The lowest BCUT2D eigenvalue weighted by Crippen LogP contribution is -2.45. The van der Waals surface area contributed by atoms with Crippen LogP contribution in [-0.2, 0) is 13.1 Å². The predicted molar refractivity (Wildman–Crippen MR) is 100 cm³/mol. The Hall–Kier alpha value is -3.24. The third-order valence-electron chi connectivity index (χ3n) is 4.80. The third kappa shape index (κ3) is 4.53. The van der Waals surface area contributed by atoms with Gasteiger partial charge in [0.2, 0.25) is 0 Å². The van der Waals surface area contributed by atoms with Crippen molar-refractivity contribution >= 4 is 11.4 Å². The fourth-order valence-electron chi connectivity index (χ4n) is 3.21. The predicted octanol–water partition coefficient (Wildman–Crippen LogP) is 2.23. The monoisotopic (exact) mass is 388 g/mol. The van der Waals surface area contributed by atoms with Crippen LogP contribution in [0.5, 0.6) is 11.5 Å². The van der Waals surface area contributed by atoms with Crippen LogP contribution in [0.2, 0.25) is 0 Å². The van der Waals surface area contributed by atoms with Crippen LogP contribution >= 0.6 is 0 Å². The molecule has 0 aromatic heterocycles. The van der Waals surface area contributed by atoms with Crippen LogP contribution in [0.25, 0.3) is 0 Å². The second-order valence-corrected chi connectivity index (χ2v) is 6.69. The smallest absolute Gasteiger partial charge is 0.270 e. The Kier molecular flexibility index (Phi) is 5.71. The zero-order valence-corrected chi connectivity index (χ0v) is 15.0. The lowest BCUT2D eigenvalue weighted by Gasteiger charge is -2.34. The fraction of sp³-hybridized carbons (Fsp3) is 0.333. The number of rotatable bonds is 6. The topological polar surface area (TPSA) is 133 Å². The van der Waals surface area contributed by atoms with Crippen LogP contribution in [0.3, 0.4) is 0 Å². The first kappa shape index (κ1) is 19.5. The van der Waals surface area contributed by atoms with E-state index in [0.717, 1.165) is 0 Å². The maximum atomic E-state index is 10.9. The highest BCUT2D eigenvalue weighted by Crippen LogP contribution is 2.26. The highest BCUT2D eigenvalue weighted by molar-refractivity contribution is 5.43. The second-order valence-electron chi connectivity index (χ2n) is 6.69. The highest BCUT2D eigenvalue weighted by Gasteiger charge is 2.21. The summed E-state index contributed by atoms with van der Waals surface area (Å²) < 4.78 is 0. The number of nitro groups is 2. The average Bonchev–Trinajstić information content (AvgIpc) is 2.66. The van der Waals surface area contributed by atoms with E-state index in [0.29, 0.717) is 50.4 Å². The van der Waals surface area contributed by atoms with Crippen LogP contribution in [-0.4, -0.2) is 56.0 Å². The van der Waals surface area contributed by atoms with Gasteiger partial charge in [-0.3, -0.25) is 30.0 Å². The standard InChI is InChI=1S/C18H20N4O6/c23-17-3-1-15(21(25)26)9-13(17)11-19-5-7-20(8-6-19)12-14-10-16(22(27)28)2-4-18(14)24/h1-4,9-10,23-24H,5-8,11-12H2. The summed E-state index contributed by atoms with van der Waals surface area (Å²) in [4.78, 5) is 25.0. The van der Waals surface area contributed by atoms with Gasteiger partial charge in [0.25, 0.3) is 11.4 Å². The van der Waals surface area contributed by atoms with Crippen LogP contribution in [0.1, 0.15) is 11.1 Å². The molecule has 28 heavy (non-hydrogen) atoms. The van der Waals surface area contributed by atoms with E-state index >= 15 is 0 Å². The van der Waals surface area contributed by atoms with Crippen molar-refractivity contribution in [3.63, 3.8) is 0 Å². The summed E-state index contributed by atoms with van der Waals surface area (Å²) in [6.07, 6.45) is 0. The van der Waals surface area contributed by atoms with Gasteiger partial charge >= 0.3 is 0 Å². The molecule has 1 heterocycles. The first-order chi connectivity index (χ1) is 13.3. The normalized spacial score (nSPS) is 15.4. The molecule has 0 aliphatic carbocycles. The van der Waals surface area contributed by atoms with E-state index in [1.54, 1.807) is 0 Å². The van der Waals surface area contributed by atoms with E-state index in [1.165, 1.54) is 36.4 Å². The summed E-state index contributed by atoms with van der Waals surface area (Å²) >= 11 is 0. The number of aromatic hydroxyl groups is 2. The van der Waals surface area contributed by atoms with Gasteiger partial charge in [-0.1, -0.05) is 0 Å². The number of phenols is 2. The van der Waals surface area contributed by atoms with Crippen LogP contribution < -0.4 is 0 Å². The van der Waals surface area contributed by atoms with Crippen molar-refractivity contribution in [2.45, 2.75) is 13.1 Å². The first-order valence-corrected chi connectivity index (χ1v) is 8.71. The molecule has 2 aromatic rings. The van der Waals surface area contributed by atoms with Crippen LogP contribution in [0.4, 0.5) is 11.4 Å². The molecule has 1 saturated heterocycles. The number of non-ortho nitro benzene ring substituents is 2. The van der Waals surface area contributed by atoms with Gasteiger partial charge in [-0.15, -0.1) is 0 Å². The van der Waals surface area contributed by atoms with Gasteiger partial charge in [-0.25, -0.2) is 0 Å². The molecule has 2 aromatic carbocycles. The summed E-state index contributed by atoms with van der Waals surface area (Å²) in [5.41, 5.74) is 0.873. The minimum atomic E-state index is -0.494. The molecule has 0 amide bonds. The minimum absolute atomic E-state index is 0.0227. The quantitative estimate of drug-likeness (QED) is 0.568. The molecule has 2 N–H and O–H groups in total. The zero-order valence-electron chi connectivity index (χ0n) is 15.0. The number of hydrogen-bond acceptors (Lipinski definition) is 8. The summed E-state index contributed by atoms with van der Waals surface area (Å²) in [6, 6.07) is 7.94. The molecule has 0 bridgehead atoms. The number of nitrogens with zero attached hydrogens (tertiary/aromatic N) is 4. The third-order valence-corrected chi connectivity index (χ3v) is 4.80. The van der Waals surface area contributed by atoms with Crippen molar-refractivity contribution in [3.8, 4) is 11.5 Å². The van der Waals surface area contributed by atoms with Crippen molar-refractivity contribution < 1.29 is 20.1 Å². The fourth-order valence-corrected chi connectivity index (χ4v) is 3.21. The minimum Gasteiger partial charge on any atom is -0.508 e. The maximum Gasteiger partial charge on any atom is 0.270 e. The van der Waals surface area contributed by atoms with Crippen molar-refractivity contribution in [1.29, 1.82) is 0 Å². The Labute approximate surface area is 160 Å². The molecule has 1 aliphatic heterocycles. The van der Waals surface area contributed by atoms with E-state index in [9.17, 15) is 30.4 Å². The lowest BCUT2D eigenvalue weighted by molar-refractivity contribution is -0.385. The molecule has 0 unspecified atom stereocenters. The van der Waals surface area contributed by atoms with Gasteiger partial charge in [-0.05, 0) is 12.1 Å². The number of piperazine rings is 1. The lowest BCUT2D eigenvalue weighted by atomic mass is 10.1. The molecule has 148 valence electrons. The average molecular weight is 388 g/mol. The summed E-state index contributed by atoms with van der Waals surface area (Å²) in [7, 11) is 0. The second kappa shape index (κ2) is 8.19. The van der Waals surface area contributed by atoms with E-state index in [2.05, 4.69) is 9.80 Å². The van der Waals surface area contributed by atoms with Gasteiger partial charge < -0.3 is 10.2 Å². The van der Waals surface area contributed by atoms with Gasteiger partial charge in [-0.2, -0.15) is 0 Å². The SMILES string of the molecule is O=[N+]([O-])c1ccc(O)c(CN2CCN(Cc3cc([N+](=O)[O-])ccc3O)CC2)c1. The van der Waals surface area contributed by atoms with E-state index in [4.69, 9.17) is 0 Å². The Balaban J connectivity index is 1.60. The summed E-state index contributed by atoms with van der Waals surface area (Å²) in [5.74, 6) is 0.0455. The largest absolute Gasteiger partial charge is 0.508 e. The molecule has 10 heteroatoms. The molecule has 0 spiro atoms. The molecule has 0 saturated carbocycles. The Morgan fingerprint density at radius 3 is 1.43 bits per heavy atom. The number of hydrogen-bond donors (Lipinski definition) is 2. The zero-order chi connectivity index (χ0) is 20.3. The van der Waals surface area contributed by atoms with Crippen molar-refractivity contribution in [2.24, 2.45) is 0 Å². The van der Waals surface area contributed by atoms with Crippen molar-refractivity contribution in [2.75, 3.05) is 26.2 Å². The highest BCUT2D eigenvalue weighted by atomic mass is 16.6. The van der Waals surface area contributed by atoms with Crippen LogP contribution in [0.15, 0.2) is 36.4 Å². The molecule has 0 atom stereocenters. The molecule has 10 nitrogen and oxygen atoms in total. The first-order valence-electron chi connectivity index (χ1n) is 8.71. The summed E-state index contributed by atoms with van der Waals surface area (Å²) in [6.45, 7) is 3.44. The van der Waals surface area contributed by atoms with Gasteiger partial charge in [0.05, 0.1) is 9.85 Å². The van der Waals surface area contributed by atoms with Gasteiger partial charge in [0.15, 0.2) is 0 Å². The summed E-state index contributed by atoms with van der Waals surface area (Å²) in [5, 5.41) is 41.7. The molecule has 1 fully saturated rings. The number of benzene rings is 2.